The summed E-state index contributed by atoms with van der Waals surface area (Å²) in [6, 6.07) is 0. The van der Waals surface area contributed by atoms with E-state index in [1.165, 1.54) is 0 Å². The van der Waals surface area contributed by atoms with Crippen molar-refractivity contribution in [2.75, 3.05) is 13.2 Å². The molecule has 0 rings (SSSR count). The predicted molar refractivity (Wildman–Crippen MR) is 61.1 cm³/mol. The summed E-state index contributed by atoms with van der Waals surface area (Å²) in [5.41, 5.74) is -0.610. The van der Waals surface area contributed by atoms with Crippen molar-refractivity contribution >= 4 is 11.8 Å². The minimum absolute atomic E-state index is 0.149. The Labute approximate surface area is 100 Å². The van der Waals surface area contributed by atoms with Crippen molar-refractivity contribution in [3.8, 4) is 0 Å². The average Bonchev–Trinajstić information content (AvgIpc) is 2.14. The van der Waals surface area contributed by atoms with Gasteiger partial charge in [0, 0.05) is 16.8 Å². The van der Waals surface area contributed by atoms with Gasteiger partial charge in [-0.3, -0.25) is 19.7 Å². The molecule has 98 valence electrons. The van der Waals surface area contributed by atoms with Gasteiger partial charge in [-0.25, -0.2) is 0 Å². The molecule has 0 unspecified atom stereocenters. The molecule has 0 bridgehead atoms. The van der Waals surface area contributed by atoms with Gasteiger partial charge in [0.25, 0.3) is 0 Å². The highest BCUT2D eigenvalue weighted by Crippen LogP contribution is 2.20. The Morgan fingerprint density at radius 3 is 2.24 bits per heavy atom. The van der Waals surface area contributed by atoms with E-state index in [1.54, 1.807) is 27.7 Å². The first-order valence-corrected chi connectivity index (χ1v) is 5.50. The van der Waals surface area contributed by atoms with Gasteiger partial charge in [0.15, 0.2) is 0 Å². The first kappa shape index (κ1) is 15.5. The molecule has 0 radical (unpaired) electrons. The molecule has 0 aliphatic carbocycles. The zero-order valence-corrected chi connectivity index (χ0v) is 10.7. The van der Waals surface area contributed by atoms with Crippen LogP contribution in [-0.2, 0) is 14.3 Å². The van der Waals surface area contributed by atoms with Gasteiger partial charge in [0.2, 0.25) is 6.54 Å². The van der Waals surface area contributed by atoms with E-state index in [-0.39, 0.29) is 18.8 Å². The van der Waals surface area contributed by atoms with Crippen LogP contribution >= 0.6 is 0 Å². The van der Waals surface area contributed by atoms with Crippen molar-refractivity contribution in [3.63, 3.8) is 0 Å². The molecule has 6 nitrogen and oxygen atoms in total. The lowest BCUT2D eigenvalue weighted by molar-refractivity contribution is -0.486. The number of ketones is 1. The summed E-state index contributed by atoms with van der Waals surface area (Å²) in [5, 5.41) is 10.4. The van der Waals surface area contributed by atoms with Gasteiger partial charge in [0.1, 0.15) is 11.7 Å². The number of hydrogen-bond donors (Lipinski definition) is 0. The van der Waals surface area contributed by atoms with Crippen LogP contribution in [0.3, 0.4) is 0 Å². The fraction of sp³-hybridized carbons (Fsp3) is 0.818. The normalized spacial score (nSPS) is 12.9. The maximum atomic E-state index is 11.7. The Morgan fingerprint density at radius 1 is 1.35 bits per heavy atom. The molecule has 6 heteroatoms. The second kappa shape index (κ2) is 6.32. The van der Waals surface area contributed by atoms with Crippen LogP contribution in [0.5, 0.6) is 0 Å². The number of rotatable bonds is 6. The zero-order chi connectivity index (χ0) is 13.6. The van der Waals surface area contributed by atoms with E-state index in [2.05, 4.69) is 0 Å². The second-order valence-corrected chi connectivity index (χ2v) is 4.84. The molecule has 0 aromatic heterocycles. The van der Waals surface area contributed by atoms with Crippen molar-refractivity contribution in [2.45, 2.75) is 34.1 Å². The maximum absolute atomic E-state index is 11.7. The molecule has 0 aromatic rings. The number of esters is 1. The minimum Gasteiger partial charge on any atom is -0.466 e. The summed E-state index contributed by atoms with van der Waals surface area (Å²) in [5.74, 6) is -1.85. The third-order valence-corrected chi connectivity index (χ3v) is 2.26. The SMILES string of the molecule is CCOC(=O)[C@H](CC(=O)C(C)(C)C)C[N+](=O)[O-]. The number of hydrogen-bond acceptors (Lipinski definition) is 5. The summed E-state index contributed by atoms with van der Waals surface area (Å²) in [4.78, 5) is 33.0. The van der Waals surface area contributed by atoms with Crippen LogP contribution in [0.1, 0.15) is 34.1 Å². The van der Waals surface area contributed by atoms with Crippen molar-refractivity contribution in [1.29, 1.82) is 0 Å². The molecular weight excluding hydrogens is 226 g/mol. The molecule has 0 spiro atoms. The molecule has 0 aliphatic rings. The van der Waals surface area contributed by atoms with Gasteiger partial charge < -0.3 is 4.74 Å². The molecule has 0 aromatic carbocycles. The Morgan fingerprint density at radius 2 is 1.88 bits per heavy atom. The molecule has 0 saturated heterocycles. The Kier molecular flexibility index (Phi) is 5.78. The van der Waals surface area contributed by atoms with Gasteiger partial charge in [0.05, 0.1) is 6.61 Å². The fourth-order valence-electron chi connectivity index (χ4n) is 1.19. The highest BCUT2D eigenvalue weighted by molar-refractivity contribution is 5.87. The van der Waals surface area contributed by atoms with Crippen LogP contribution in [0.4, 0.5) is 0 Å². The number of nitrogens with zero attached hydrogens (tertiary/aromatic N) is 1. The largest absolute Gasteiger partial charge is 0.466 e. The maximum Gasteiger partial charge on any atom is 0.316 e. The molecule has 0 fully saturated rings. The molecule has 17 heavy (non-hydrogen) atoms. The number of nitro groups is 1. The minimum atomic E-state index is -0.989. The zero-order valence-electron chi connectivity index (χ0n) is 10.7. The number of ether oxygens (including phenoxy) is 1. The Hall–Kier alpha value is -1.46. The summed E-state index contributed by atoms with van der Waals surface area (Å²) >= 11 is 0. The third kappa shape index (κ3) is 5.99. The smallest absolute Gasteiger partial charge is 0.316 e. The molecule has 1 atom stereocenters. The topological polar surface area (TPSA) is 86.5 Å². The number of Topliss-reactive ketones (excluding diaryl/α,β-unsaturated/α-hetero) is 1. The van der Waals surface area contributed by atoms with Crippen LogP contribution in [0.2, 0.25) is 0 Å². The van der Waals surface area contributed by atoms with Crippen LogP contribution in [0.25, 0.3) is 0 Å². The Bertz CT molecular complexity index is 305. The van der Waals surface area contributed by atoms with Crippen molar-refractivity contribution in [2.24, 2.45) is 11.3 Å². The summed E-state index contributed by atoms with van der Waals surface area (Å²) in [7, 11) is 0. The van der Waals surface area contributed by atoms with E-state index in [9.17, 15) is 19.7 Å². The average molecular weight is 245 g/mol. The summed E-state index contributed by atoms with van der Waals surface area (Å²) in [6.45, 7) is 6.33. The number of carbonyl (C=O) groups excluding carboxylic acids is 2. The third-order valence-electron chi connectivity index (χ3n) is 2.26. The van der Waals surface area contributed by atoms with Gasteiger partial charge in [-0.15, -0.1) is 0 Å². The molecule has 0 N–H and O–H groups in total. The standard InChI is InChI=1S/C11H19NO5/c1-5-17-10(14)8(7-12(15)16)6-9(13)11(2,3)4/h8H,5-7H2,1-4H3/t8-/m1/s1. The molecule has 0 amide bonds. The van der Waals surface area contributed by atoms with Crippen molar-refractivity contribution in [1.82, 2.24) is 0 Å². The lowest BCUT2D eigenvalue weighted by Gasteiger charge is -2.19. The monoisotopic (exact) mass is 245 g/mol. The van der Waals surface area contributed by atoms with Gasteiger partial charge >= 0.3 is 5.97 Å². The van der Waals surface area contributed by atoms with Crippen LogP contribution in [0.15, 0.2) is 0 Å². The van der Waals surface area contributed by atoms with Gasteiger partial charge in [-0.2, -0.15) is 0 Å². The van der Waals surface area contributed by atoms with Crippen LogP contribution in [0, 0.1) is 21.4 Å². The van der Waals surface area contributed by atoms with E-state index >= 15 is 0 Å². The van der Waals surface area contributed by atoms with E-state index in [0.29, 0.717) is 0 Å². The van der Waals surface area contributed by atoms with Gasteiger partial charge in [-0.1, -0.05) is 20.8 Å². The van der Waals surface area contributed by atoms with Crippen LogP contribution < -0.4 is 0 Å². The van der Waals surface area contributed by atoms with E-state index in [1.807, 2.05) is 0 Å². The van der Waals surface area contributed by atoms with E-state index in [0.717, 1.165) is 0 Å². The summed E-state index contributed by atoms with van der Waals surface area (Å²) in [6.07, 6.45) is -0.149. The van der Waals surface area contributed by atoms with Gasteiger partial charge in [-0.05, 0) is 6.92 Å². The first-order valence-electron chi connectivity index (χ1n) is 5.50. The van der Waals surface area contributed by atoms with E-state index < -0.39 is 28.8 Å². The first-order chi connectivity index (χ1) is 7.68. The Balaban J connectivity index is 4.65. The lowest BCUT2D eigenvalue weighted by atomic mass is 9.85. The predicted octanol–water partition coefficient (Wildman–Crippen LogP) is 1.45. The molecule has 0 aliphatic heterocycles. The highest BCUT2D eigenvalue weighted by atomic mass is 16.6. The second-order valence-electron chi connectivity index (χ2n) is 4.84. The molecule has 0 heterocycles. The van der Waals surface area contributed by atoms with E-state index in [4.69, 9.17) is 4.74 Å². The lowest BCUT2D eigenvalue weighted by Crippen LogP contribution is -2.31. The van der Waals surface area contributed by atoms with Crippen molar-refractivity contribution < 1.29 is 19.2 Å². The molecular formula is C11H19NO5. The molecule has 0 saturated carbocycles. The number of carbonyl (C=O) groups is 2. The fourth-order valence-corrected chi connectivity index (χ4v) is 1.19. The quantitative estimate of drug-likeness (QED) is 0.401. The van der Waals surface area contributed by atoms with Crippen LogP contribution in [-0.4, -0.2) is 29.8 Å². The van der Waals surface area contributed by atoms with Crippen molar-refractivity contribution in [3.05, 3.63) is 10.1 Å². The highest BCUT2D eigenvalue weighted by Gasteiger charge is 2.32. The summed E-state index contributed by atoms with van der Waals surface area (Å²) < 4.78 is 4.72.